The molecule has 5 nitrogen and oxygen atoms in total. The number of nitrogens with zero attached hydrogens (tertiary/aromatic N) is 1. The van der Waals surface area contributed by atoms with Crippen molar-refractivity contribution >= 4 is 11.8 Å². The minimum absolute atomic E-state index is 0.106. The van der Waals surface area contributed by atoms with E-state index in [2.05, 4.69) is 5.32 Å². The molecule has 1 fully saturated rings. The third-order valence-corrected chi connectivity index (χ3v) is 3.17. The molecule has 1 aromatic carbocycles. The quantitative estimate of drug-likeness (QED) is 0.885. The molecule has 0 aromatic heterocycles. The molecule has 2 amide bonds. The Bertz CT molecular complexity index is 470. The molecule has 0 spiro atoms. The van der Waals surface area contributed by atoms with Crippen molar-refractivity contribution in [2.75, 3.05) is 19.7 Å². The van der Waals surface area contributed by atoms with Gasteiger partial charge in [0.25, 0.3) is 5.91 Å². The maximum Gasteiger partial charge on any atom is 0.254 e. The van der Waals surface area contributed by atoms with Gasteiger partial charge in [-0.1, -0.05) is 0 Å². The molecule has 102 valence electrons. The maximum atomic E-state index is 12.3. The first-order valence-corrected chi connectivity index (χ1v) is 6.45. The van der Waals surface area contributed by atoms with E-state index in [-0.39, 0.29) is 11.8 Å². The zero-order valence-corrected chi connectivity index (χ0v) is 11.2. The van der Waals surface area contributed by atoms with E-state index in [1.54, 1.807) is 36.1 Å². The molecule has 0 aliphatic carbocycles. The van der Waals surface area contributed by atoms with Gasteiger partial charge in [0.15, 0.2) is 0 Å². The molecule has 1 heterocycles. The molecule has 1 aliphatic heterocycles. The van der Waals surface area contributed by atoms with Crippen molar-refractivity contribution in [3.8, 4) is 5.75 Å². The van der Waals surface area contributed by atoms with Crippen LogP contribution < -0.4 is 10.1 Å². The van der Waals surface area contributed by atoms with Crippen molar-refractivity contribution in [1.29, 1.82) is 0 Å². The Morgan fingerprint density at radius 2 is 2.11 bits per heavy atom. The van der Waals surface area contributed by atoms with Crippen molar-refractivity contribution in [1.82, 2.24) is 10.2 Å². The van der Waals surface area contributed by atoms with Crippen LogP contribution in [0.5, 0.6) is 5.75 Å². The summed E-state index contributed by atoms with van der Waals surface area (Å²) < 4.78 is 5.34. The Kier molecular flexibility index (Phi) is 4.04. The van der Waals surface area contributed by atoms with Gasteiger partial charge >= 0.3 is 0 Å². The van der Waals surface area contributed by atoms with E-state index < -0.39 is 6.04 Å². The number of carbonyl (C=O) groups excluding carboxylic acids is 2. The van der Waals surface area contributed by atoms with Crippen LogP contribution in [0.15, 0.2) is 24.3 Å². The van der Waals surface area contributed by atoms with Crippen molar-refractivity contribution in [3.05, 3.63) is 29.8 Å². The number of ether oxygens (including phenoxy) is 1. The van der Waals surface area contributed by atoms with Crippen molar-refractivity contribution in [2.24, 2.45) is 0 Å². The first kappa shape index (κ1) is 13.4. The molecule has 1 aliphatic rings. The lowest BCUT2D eigenvalue weighted by atomic mass is 10.1. The minimum Gasteiger partial charge on any atom is -0.494 e. The van der Waals surface area contributed by atoms with Gasteiger partial charge < -0.3 is 15.0 Å². The van der Waals surface area contributed by atoms with Crippen LogP contribution in [0.25, 0.3) is 0 Å². The van der Waals surface area contributed by atoms with E-state index >= 15 is 0 Å². The summed E-state index contributed by atoms with van der Waals surface area (Å²) in [6, 6.07) is 6.57. The Hall–Kier alpha value is -2.04. The fourth-order valence-electron chi connectivity index (χ4n) is 2.09. The molecule has 0 bridgehead atoms. The van der Waals surface area contributed by atoms with Gasteiger partial charge in [-0.25, -0.2) is 0 Å². The van der Waals surface area contributed by atoms with Gasteiger partial charge in [0.05, 0.1) is 6.61 Å². The highest BCUT2D eigenvalue weighted by atomic mass is 16.5. The van der Waals surface area contributed by atoms with Crippen molar-refractivity contribution in [3.63, 3.8) is 0 Å². The summed E-state index contributed by atoms with van der Waals surface area (Å²) in [6.07, 6.45) is 0. The Morgan fingerprint density at radius 3 is 2.74 bits per heavy atom. The van der Waals surface area contributed by atoms with Gasteiger partial charge in [-0.2, -0.15) is 0 Å². The van der Waals surface area contributed by atoms with E-state index in [0.717, 1.165) is 5.75 Å². The van der Waals surface area contributed by atoms with Gasteiger partial charge in [-0.15, -0.1) is 0 Å². The second-order valence-electron chi connectivity index (χ2n) is 4.42. The topological polar surface area (TPSA) is 58.6 Å². The third kappa shape index (κ3) is 2.86. The third-order valence-electron chi connectivity index (χ3n) is 3.17. The molecule has 5 heteroatoms. The highest BCUT2D eigenvalue weighted by Gasteiger charge is 2.29. The summed E-state index contributed by atoms with van der Waals surface area (Å²) in [5.41, 5.74) is 0.574. The van der Waals surface area contributed by atoms with Gasteiger partial charge in [0.2, 0.25) is 5.91 Å². The fourth-order valence-corrected chi connectivity index (χ4v) is 2.09. The summed E-state index contributed by atoms with van der Waals surface area (Å²) in [5, 5.41) is 2.74. The highest BCUT2D eigenvalue weighted by molar-refractivity contribution is 5.98. The van der Waals surface area contributed by atoms with Crippen LogP contribution in [0.4, 0.5) is 0 Å². The largest absolute Gasteiger partial charge is 0.494 e. The lowest BCUT2D eigenvalue weighted by molar-refractivity contribution is -0.127. The van der Waals surface area contributed by atoms with Crippen LogP contribution in [0.2, 0.25) is 0 Å². The maximum absolute atomic E-state index is 12.3. The number of carbonyl (C=O) groups is 2. The average molecular weight is 262 g/mol. The fraction of sp³-hybridized carbons (Fsp3) is 0.429. The SMILES string of the molecule is CCOc1ccc(C(=O)N2CCNC(=O)C2C)cc1. The second-order valence-corrected chi connectivity index (χ2v) is 4.42. The first-order chi connectivity index (χ1) is 9.13. The Morgan fingerprint density at radius 1 is 1.42 bits per heavy atom. The summed E-state index contributed by atoms with van der Waals surface area (Å²) in [7, 11) is 0. The zero-order chi connectivity index (χ0) is 13.8. The molecule has 1 N–H and O–H groups in total. The molecule has 0 radical (unpaired) electrons. The molecule has 1 saturated heterocycles. The number of nitrogens with one attached hydrogen (secondary N) is 1. The van der Waals surface area contributed by atoms with Crippen LogP contribution in [-0.4, -0.2) is 42.5 Å². The van der Waals surface area contributed by atoms with Gasteiger partial charge in [-0.3, -0.25) is 9.59 Å². The number of benzene rings is 1. The number of amides is 2. The predicted octanol–water partition coefficient (Wildman–Crippen LogP) is 1.05. The number of rotatable bonds is 3. The minimum atomic E-state index is -0.423. The van der Waals surface area contributed by atoms with Gasteiger partial charge in [-0.05, 0) is 38.1 Å². The van der Waals surface area contributed by atoms with Crippen LogP contribution >= 0.6 is 0 Å². The molecule has 19 heavy (non-hydrogen) atoms. The summed E-state index contributed by atoms with van der Waals surface area (Å²) >= 11 is 0. The lowest BCUT2D eigenvalue weighted by Crippen LogP contribution is -2.55. The van der Waals surface area contributed by atoms with Crippen LogP contribution in [0, 0.1) is 0 Å². The zero-order valence-electron chi connectivity index (χ0n) is 11.2. The van der Waals surface area contributed by atoms with Crippen LogP contribution in [-0.2, 0) is 4.79 Å². The van der Waals surface area contributed by atoms with E-state index in [4.69, 9.17) is 4.74 Å². The Labute approximate surface area is 112 Å². The average Bonchev–Trinajstić information content (AvgIpc) is 2.42. The lowest BCUT2D eigenvalue weighted by Gasteiger charge is -2.32. The molecule has 2 rings (SSSR count). The van der Waals surface area contributed by atoms with Crippen LogP contribution in [0.3, 0.4) is 0 Å². The molecular weight excluding hydrogens is 244 g/mol. The highest BCUT2D eigenvalue weighted by Crippen LogP contribution is 2.15. The monoisotopic (exact) mass is 262 g/mol. The van der Waals surface area contributed by atoms with E-state index in [9.17, 15) is 9.59 Å². The summed E-state index contributed by atoms with van der Waals surface area (Å²) in [4.78, 5) is 25.5. The molecule has 0 saturated carbocycles. The number of piperazine rings is 1. The normalized spacial score (nSPS) is 18.9. The standard InChI is InChI=1S/C14H18N2O3/c1-3-19-12-6-4-11(5-7-12)14(18)16-9-8-15-13(17)10(16)2/h4-7,10H,3,8-9H2,1-2H3,(H,15,17). The van der Waals surface area contributed by atoms with Crippen molar-refractivity contribution < 1.29 is 14.3 Å². The summed E-state index contributed by atoms with van der Waals surface area (Å²) in [5.74, 6) is 0.513. The van der Waals surface area contributed by atoms with Gasteiger partial charge in [0.1, 0.15) is 11.8 Å². The smallest absolute Gasteiger partial charge is 0.254 e. The van der Waals surface area contributed by atoms with E-state index in [0.29, 0.717) is 25.3 Å². The predicted molar refractivity (Wildman–Crippen MR) is 71.1 cm³/mol. The molecule has 1 atom stereocenters. The molecule has 1 aromatic rings. The van der Waals surface area contributed by atoms with Crippen molar-refractivity contribution in [2.45, 2.75) is 19.9 Å². The summed E-state index contributed by atoms with van der Waals surface area (Å²) in [6.45, 7) is 5.29. The molecular formula is C14H18N2O3. The first-order valence-electron chi connectivity index (χ1n) is 6.45. The van der Waals surface area contributed by atoms with Gasteiger partial charge in [0, 0.05) is 18.7 Å². The second kappa shape index (κ2) is 5.73. The molecule has 1 unspecified atom stereocenters. The van der Waals surface area contributed by atoms with E-state index in [1.165, 1.54) is 0 Å². The van der Waals surface area contributed by atoms with E-state index in [1.807, 2.05) is 6.92 Å². The number of hydrogen-bond donors (Lipinski definition) is 1. The Balaban J connectivity index is 2.12. The number of hydrogen-bond acceptors (Lipinski definition) is 3. The van der Waals surface area contributed by atoms with Crippen LogP contribution in [0.1, 0.15) is 24.2 Å².